The molecule has 2 rings (SSSR count). The van der Waals surface area contributed by atoms with Gasteiger partial charge in [0.2, 0.25) is 0 Å². The fraction of sp³-hybridized carbons (Fsp3) is 0.875. The summed E-state index contributed by atoms with van der Waals surface area (Å²) in [5.41, 5.74) is -0.873. The molecule has 2 fully saturated rings. The first-order valence-electron chi connectivity index (χ1n) is 8.14. The van der Waals surface area contributed by atoms with Crippen molar-refractivity contribution >= 4 is 12.1 Å². The summed E-state index contributed by atoms with van der Waals surface area (Å²) in [5, 5.41) is 9.83. The third-order valence-corrected chi connectivity index (χ3v) is 4.30. The topological polar surface area (TPSA) is 73.3 Å². The molecule has 23 heavy (non-hydrogen) atoms. The maximum atomic E-state index is 12.6. The number of ether oxygens (including phenoxy) is 1. The fourth-order valence-electron chi connectivity index (χ4n) is 3.17. The van der Waals surface area contributed by atoms with Crippen molar-refractivity contribution in [2.75, 3.05) is 26.2 Å². The van der Waals surface area contributed by atoms with Crippen LogP contribution >= 0.6 is 0 Å². The number of hydrogen-bond donors (Lipinski definition) is 1. The Hall–Kier alpha value is -1.50. The number of urea groups is 1. The van der Waals surface area contributed by atoms with E-state index in [0.29, 0.717) is 19.6 Å². The summed E-state index contributed by atoms with van der Waals surface area (Å²) in [7, 11) is 0. The number of aliphatic hydroxyl groups is 1. The maximum Gasteiger partial charge on any atom is 0.410 e. The minimum atomic E-state index is -0.586. The summed E-state index contributed by atoms with van der Waals surface area (Å²) in [6.07, 6.45) is -0.433. The van der Waals surface area contributed by atoms with Gasteiger partial charge in [-0.1, -0.05) is 0 Å². The number of nitrogens with zero attached hydrogens (tertiary/aromatic N) is 3. The molecule has 2 unspecified atom stereocenters. The predicted molar refractivity (Wildman–Crippen MR) is 86.2 cm³/mol. The Labute approximate surface area is 138 Å². The SMILES string of the molecule is CC(C)(C)OC(=O)N1CCN2C(=O)N(C(C)(C)C)CC2C1CO. The Kier molecular flexibility index (Phi) is 4.54. The number of fused-ring (bicyclic) bond motifs is 1. The molecule has 7 nitrogen and oxygen atoms in total. The smallest absolute Gasteiger partial charge is 0.410 e. The molecule has 2 atom stereocenters. The van der Waals surface area contributed by atoms with Gasteiger partial charge >= 0.3 is 12.1 Å². The van der Waals surface area contributed by atoms with Gasteiger partial charge in [0.15, 0.2) is 0 Å². The number of amides is 3. The van der Waals surface area contributed by atoms with Crippen molar-refractivity contribution in [1.82, 2.24) is 14.7 Å². The number of piperazine rings is 1. The lowest BCUT2D eigenvalue weighted by Crippen LogP contribution is -2.62. The molecule has 2 aliphatic heterocycles. The molecule has 0 aliphatic carbocycles. The summed E-state index contributed by atoms with van der Waals surface area (Å²) in [4.78, 5) is 30.1. The van der Waals surface area contributed by atoms with Crippen LogP contribution in [0.25, 0.3) is 0 Å². The van der Waals surface area contributed by atoms with E-state index in [0.717, 1.165) is 0 Å². The van der Waals surface area contributed by atoms with Crippen LogP contribution in [0.2, 0.25) is 0 Å². The predicted octanol–water partition coefficient (Wildman–Crippen LogP) is 1.50. The van der Waals surface area contributed by atoms with E-state index in [2.05, 4.69) is 0 Å². The molecule has 3 amide bonds. The van der Waals surface area contributed by atoms with Crippen LogP contribution in [0, 0.1) is 0 Å². The molecule has 7 heteroatoms. The molecule has 0 spiro atoms. The average molecular weight is 327 g/mol. The van der Waals surface area contributed by atoms with Gasteiger partial charge in [0.1, 0.15) is 5.60 Å². The van der Waals surface area contributed by atoms with Crippen LogP contribution in [-0.2, 0) is 4.74 Å². The zero-order chi connectivity index (χ0) is 17.6. The normalized spacial score (nSPS) is 25.7. The summed E-state index contributed by atoms with van der Waals surface area (Å²) in [6, 6.07) is -0.660. The number of hydrogen-bond acceptors (Lipinski definition) is 4. The van der Waals surface area contributed by atoms with Crippen molar-refractivity contribution in [3.63, 3.8) is 0 Å². The molecular weight excluding hydrogens is 298 g/mol. The lowest BCUT2D eigenvalue weighted by molar-refractivity contribution is -0.0171. The first-order valence-corrected chi connectivity index (χ1v) is 8.14. The molecule has 2 aliphatic rings. The molecule has 2 heterocycles. The zero-order valence-electron chi connectivity index (χ0n) is 15.0. The van der Waals surface area contributed by atoms with Crippen molar-refractivity contribution in [2.45, 2.75) is 64.8 Å². The van der Waals surface area contributed by atoms with Gasteiger partial charge < -0.3 is 19.6 Å². The van der Waals surface area contributed by atoms with Gasteiger partial charge in [-0.3, -0.25) is 4.90 Å². The van der Waals surface area contributed by atoms with Gasteiger partial charge in [-0.25, -0.2) is 9.59 Å². The molecule has 0 saturated carbocycles. The second-order valence-electron chi connectivity index (χ2n) is 8.25. The van der Waals surface area contributed by atoms with Gasteiger partial charge in [-0.05, 0) is 41.5 Å². The molecule has 0 bridgehead atoms. The van der Waals surface area contributed by atoms with Gasteiger partial charge in [0, 0.05) is 25.2 Å². The molecule has 0 aromatic heterocycles. The van der Waals surface area contributed by atoms with Gasteiger partial charge in [-0.2, -0.15) is 0 Å². The minimum Gasteiger partial charge on any atom is -0.444 e. The number of carbonyl (C=O) groups is 2. The first kappa shape index (κ1) is 17.8. The van der Waals surface area contributed by atoms with E-state index >= 15 is 0 Å². The van der Waals surface area contributed by atoms with Crippen LogP contribution in [-0.4, -0.2) is 81.4 Å². The minimum absolute atomic E-state index is 0.0233. The highest BCUT2D eigenvalue weighted by atomic mass is 16.6. The van der Waals surface area contributed by atoms with Crippen molar-refractivity contribution in [3.05, 3.63) is 0 Å². The second-order valence-corrected chi connectivity index (χ2v) is 8.25. The Morgan fingerprint density at radius 1 is 1.22 bits per heavy atom. The Bertz CT molecular complexity index is 481. The lowest BCUT2D eigenvalue weighted by Gasteiger charge is -2.43. The van der Waals surface area contributed by atoms with E-state index in [1.165, 1.54) is 0 Å². The van der Waals surface area contributed by atoms with Crippen molar-refractivity contribution < 1.29 is 19.4 Å². The first-order chi connectivity index (χ1) is 10.5. The Balaban J connectivity index is 2.19. The third kappa shape index (κ3) is 3.54. The highest BCUT2D eigenvalue weighted by molar-refractivity contribution is 5.79. The quantitative estimate of drug-likeness (QED) is 0.792. The molecule has 0 aromatic rings. The molecule has 2 saturated heterocycles. The van der Waals surface area contributed by atoms with Crippen LogP contribution < -0.4 is 0 Å². The Morgan fingerprint density at radius 2 is 1.83 bits per heavy atom. The average Bonchev–Trinajstić information content (AvgIpc) is 2.73. The van der Waals surface area contributed by atoms with E-state index < -0.39 is 17.7 Å². The summed E-state index contributed by atoms with van der Waals surface area (Å²) >= 11 is 0. The molecule has 1 N–H and O–H groups in total. The molecular formula is C16H29N3O4. The van der Waals surface area contributed by atoms with Crippen LogP contribution in [0.5, 0.6) is 0 Å². The molecule has 132 valence electrons. The monoisotopic (exact) mass is 327 g/mol. The van der Waals surface area contributed by atoms with E-state index in [1.54, 1.807) is 14.7 Å². The summed E-state index contributed by atoms with van der Waals surface area (Å²) < 4.78 is 5.44. The van der Waals surface area contributed by atoms with E-state index in [-0.39, 0.29) is 24.2 Å². The highest BCUT2D eigenvalue weighted by Gasteiger charge is 2.50. The van der Waals surface area contributed by atoms with Crippen molar-refractivity contribution in [3.8, 4) is 0 Å². The summed E-state index contributed by atoms with van der Waals surface area (Å²) in [6.45, 7) is 12.6. The van der Waals surface area contributed by atoms with Gasteiger partial charge in [0.05, 0.1) is 18.7 Å². The standard InChI is InChI=1S/C16H29N3O4/c1-15(2,3)19-9-11-12(10-20)18(8-7-17(11)13(19)21)14(22)23-16(4,5)6/h11-12,20H,7-10H2,1-6H3. The number of rotatable bonds is 1. The van der Waals surface area contributed by atoms with Crippen molar-refractivity contribution in [1.29, 1.82) is 0 Å². The van der Waals surface area contributed by atoms with Gasteiger partial charge in [0.25, 0.3) is 0 Å². The van der Waals surface area contributed by atoms with E-state index in [1.807, 2.05) is 41.5 Å². The molecule has 0 aromatic carbocycles. The largest absolute Gasteiger partial charge is 0.444 e. The van der Waals surface area contributed by atoms with Crippen LogP contribution in [0.4, 0.5) is 9.59 Å². The fourth-order valence-corrected chi connectivity index (χ4v) is 3.17. The van der Waals surface area contributed by atoms with Gasteiger partial charge in [-0.15, -0.1) is 0 Å². The second kappa shape index (κ2) is 5.85. The van der Waals surface area contributed by atoms with E-state index in [9.17, 15) is 14.7 Å². The van der Waals surface area contributed by atoms with Crippen LogP contribution in [0.15, 0.2) is 0 Å². The van der Waals surface area contributed by atoms with Crippen LogP contribution in [0.3, 0.4) is 0 Å². The van der Waals surface area contributed by atoms with Crippen LogP contribution in [0.1, 0.15) is 41.5 Å². The number of aliphatic hydroxyl groups excluding tert-OH is 1. The van der Waals surface area contributed by atoms with Crippen molar-refractivity contribution in [2.24, 2.45) is 0 Å². The Morgan fingerprint density at radius 3 is 2.30 bits per heavy atom. The summed E-state index contributed by atoms with van der Waals surface area (Å²) in [5.74, 6) is 0. The number of carbonyl (C=O) groups excluding carboxylic acids is 2. The highest BCUT2D eigenvalue weighted by Crippen LogP contribution is 2.30. The lowest BCUT2D eigenvalue weighted by atomic mass is 10.0. The third-order valence-electron chi connectivity index (χ3n) is 4.30. The van der Waals surface area contributed by atoms with E-state index in [4.69, 9.17) is 4.74 Å². The zero-order valence-corrected chi connectivity index (χ0v) is 15.0. The maximum absolute atomic E-state index is 12.6. The molecule has 0 radical (unpaired) electrons.